The number of fused-ring (bicyclic) bond motifs is 1. The van der Waals surface area contributed by atoms with Gasteiger partial charge in [-0.05, 0) is 68.6 Å². The van der Waals surface area contributed by atoms with Gasteiger partial charge in [-0.2, -0.15) is 0 Å². The summed E-state index contributed by atoms with van der Waals surface area (Å²) >= 11 is 0. The molecule has 0 saturated carbocycles. The number of rotatable bonds is 4. The second-order valence-electron chi connectivity index (χ2n) is 6.62. The van der Waals surface area contributed by atoms with Crippen molar-refractivity contribution in [3.8, 4) is 11.6 Å². The molecule has 0 amide bonds. The zero-order valence-corrected chi connectivity index (χ0v) is 14.5. The van der Waals surface area contributed by atoms with Crippen LogP contribution in [0.2, 0.25) is 0 Å². The number of nitrogens with one attached hydrogen (secondary N) is 1. The van der Waals surface area contributed by atoms with E-state index in [0.29, 0.717) is 5.88 Å². The van der Waals surface area contributed by atoms with Gasteiger partial charge in [0.2, 0.25) is 5.88 Å². The monoisotopic (exact) mass is 322 g/mol. The number of hydrogen-bond acceptors (Lipinski definition) is 4. The van der Waals surface area contributed by atoms with Gasteiger partial charge in [0.1, 0.15) is 11.4 Å². The third kappa shape index (κ3) is 3.77. The fourth-order valence-corrected chi connectivity index (χ4v) is 2.43. The molecule has 0 aliphatic heterocycles. The molecule has 124 valence electrons. The molecule has 0 atom stereocenters. The van der Waals surface area contributed by atoms with Crippen LogP contribution in [0.1, 0.15) is 20.8 Å². The standard InChI is InChI=1S/C20H22N2O2/c1-20(2,3)24-19-18-13-16(6-5-14(18)11-12-21-19)22-15-7-9-17(23-4)10-8-15/h5-13,22H,1-4H3. The molecule has 3 rings (SSSR count). The Morgan fingerprint density at radius 2 is 1.62 bits per heavy atom. The van der Waals surface area contributed by atoms with E-state index in [-0.39, 0.29) is 5.60 Å². The van der Waals surface area contributed by atoms with Crippen LogP contribution < -0.4 is 14.8 Å². The molecule has 0 fully saturated rings. The largest absolute Gasteiger partial charge is 0.497 e. The van der Waals surface area contributed by atoms with Gasteiger partial charge in [0.05, 0.1) is 7.11 Å². The van der Waals surface area contributed by atoms with Crippen LogP contribution in [0.3, 0.4) is 0 Å². The third-order valence-electron chi connectivity index (χ3n) is 3.51. The minimum Gasteiger partial charge on any atom is -0.497 e. The van der Waals surface area contributed by atoms with E-state index >= 15 is 0 Å². The van der Waals surface area contributed by atoms with Gasteiger partial charge in [-0.25, -0.2) is 4.98 Å². The second kappa shape index (κ2) is 6.40. The summed E-state index contributed by atoms with van der Waals surface area (Å²) in [5, 5.41) is 5.49. The first kappa shape index (κ1) is 16.1. The predicted molar refractivity (Wildman–Crippen MR) is 98.4 cm³/mol. The summed E-state index contributed by atoms with van der Waals surface area (Å²) in [5.74, 6) is 1.49. The molecule has 2 aromatic carbocycles. The average Bonchev–Trinajstić information content (AvgIpc) is 2.55. The van der Waals surface area contributed by atoms with Gasteiger partial charge in [0.15, 0.2) is 0 Å². The fourth-order valence-electron chi connectivity index (χ4n) is 2.43. The molecule has 0 saturated heterocycles. The molecule has 24 heavy (non-hydrogen) atoms. The molecule has 0 spiro atoms. The Labute approximate surface area is 142 Å². The van der Waals surface area contributed by atoms with E-state index in [1.165, 1.54) is 0 Å². The predicted octanol–water partition coefficient (Wildman–Crippen LogP) is 5.16. The molecule has 0 bridgehead atoms. The highest BCUT2D eigenvalue weighted by Gasteiger charge is 2.15. The molecule has 0 aliphatic carbocycles. The maximum absolute atomic E-state index is 6.00. The Morgan fingerprint density at radius 1 is 0.917 bits per heavy atom. The second-order valence-corrected chi connectivity index (χ2v) is 6.62. The summed E-state index contributed by atoms with van der Waals surface area (Å²) in [6.45, 7) is 6.06. The highest BCUT2D eigenvalue weighted by atomic mass is 16.5. The van der Waals surface area contributed by atoms with Gasteiger partial charge in [0.25, 0.3) is 0 Å². The number of anilines is 2. The number of methoxy groups -OCH3 is 1. The Kier molecular flexibility index (Phi) is 4.30. The Hall–Kier alpha value is -2.75. The molecule has 1 heterocycles. The van der Waals surface area contributed by atoms with Gasteiger partial charge in [-0.1, -0.05) is 6.07 Å². The topological polar surface area (TPSA) is 43.4 Å². The number of benzene rings is 2. The summed E-state index contributed by atoms with van der Waals surface area (Å²) in [6.07, 6.45) is 1.78. The first-order chi connectivity index (χ1) is 11.4. The van der Waals surface area contributed by atoms with E-state index in [9.17, 15) is 0 Å². The van der Waals surface area contributed by atoms with E-state index in [0.717, 1.165) is 27.9 Å². The molecule has 0 radical (unpaired) electrons. The van der Waals surface area contributed by atoms with Crippen LogP contribution in [0.4, 0.5) is 11.4 Å². The summed E-state index contributed by atoms with van der Waals surface area (Å²) in [6, 6.07) is 16.0. The van der Waals surface area contributed by atoms with Crippen LogP contribution in [0.5, 0.6) is 11.6 Å². The summed E-state index contributed by atoms with van der Waals surface area (Å²) in [4.78, 5) is 4.40. The molecular weight excluding hydrogens is 300 g/mol. The number of nitrogens with zero attached hydrogens (tertiary/aromatic N) is 1. The van der Waals surface area contributed by atoms with E-state index in [2.05, 4.69) is 22.4 Å². The minimum absolute atomic E-state index is 0.291. The molecule has 4 heteroatoms. The normalized spacial score (nSPS) is 11.3. The van der Waals surface area contributed by atoms with Crippen LogP contribution in [-0.4, -0.2) is 17.7 Å². The maximum Gasteiger partial charge on any atom is 0.221 e. The zero-order valence-electron chi connectivity index (χ0n) is 14.5. The van der Waals surface area contributed by atoms with Crippen LogP contribution in [0, 0.1) is 0 Å². The zero-order chi connectivity index (χ0) is 17.2. The molecule has 1 aromatic heterocycles. The summed E-state index contributed by atoms with van der Waals surface area (Å²) in [7, 11) is 1.66. The van der Waals surface area contributed by atoms with Gasteiger partial charge >= 0.3 is 0 Å². The highest BCUT2D eigenvalue weighted by Crippen LogP contribution is 2.30. The van der Waals surface area contributed by atoms with Crippen molar-refractivity contribution in [3.05, 3.63) is 54.7 Å². The SMILES string of the molecule is COc1ccc(Nc2ccc3ccnc(OC(C)(C)C)c3c2)cc1. The van der Waals surface area contributed by atoms with E-state index in [1.807, 2.05) is 57.2 Å². The van der Waals surface area contributed by atoms with E-state index in [4.69, 9.17) is 9.47 Å². The average molecular weight is 322 g/mol. The van der Waals surface area contributed by atoms with E-state index in [1.54, 1.807) is 13.3 Å². The summed E-state index contributed by atoms with van der Waals surface area (Å²) in [5.41, 5.74) is 1.69. The molecule has 4 nitrogen and oxygen atoms in total. The van der Waals surface area contributed by atoms with E-state index < -0.39 is 0 Å². The molecular formula is C20H22N2O2. The number of aromatic nitrogens is 1. The Balaban J connectivity index is 1.92. The number of hydrogen-bond donors (Lipinski definition) is 1. The third-order valence-corrected chi connectivity index (χ3v) is 3.51. The van der Waals surface area contributed by atoms with Gasteiger partial charge in [-0.3, -0.25) is 0 Å². The highest BCUT2D eigenvalue weighted by molar-refractivity contribution is 5.90. The van der Waals surface area contributed by atoms with Crippen LogP contribution in [0.25, 0.3) is 10.8 Å². The van der Waals surface area contributed by atoms with Gasteiger partial charge in [0, 0.05) is 23.0 Å². The van der Waals surface area contributed by atoms with Crippen molar-refractivity contribution in [2.45, 2.75) is 26.4 Å². The van der Waals surface area contributed by atoms with Crippen LogP contribution >= 0.6 is 0 Å². The smallest absolute Gasteiger partial charge is 0.221 e. The Morgan fingerprint density at radius 3 is 2.29 bits per heavy atom. The fraction of sp³-hybridized carbons (Fsp3) is 0.250. The van der Waals surface area contributed by atoms with Crippen molar-refractivity contribution >= 4 is 22.1 Å². The minimum atomic E-state index is -0.291. The first-order valence-electron chi connectivity index (χ1n) is 7.93. The molecule has 0 aliphatic rings. The lowest BCUT2D eigenvalue weighted by atomic mass is 10.1. The lowest BCUT2D eigenvalue weighted by molar-refractivity contribution is 0.126. The first-order valence-corrected chi connectivity index (χ1v) is 7.93. The van der Waals surface area contributed by atoms with Crippen molar-refractivity contribution in [2.24, 2.45) is 0 Å². The lowest BCUT2D eigenvalue weighted by Crippen LogP contribution is -2.23. The number of pyridine rings is 1. The molecule has 3 aromatic rings. The van der Waals surface area contributed by atoms with Crippen molar-refractivity contribution in [1.29, 1.82) is 0 Å². The van der Waals surface area contributed by atoms with Gasteiger partial charge in [-0.15, -0.1) is 0 Å². The molecule has 0 unspecified atom stereocenters. The Bertz CT molecular complexity index is 836. The van der Waals surface area contributed by atoms with Crippen molar-refractivity contribution in [3.63, 3.8) is 0 Å². The summed E-state index contributed by atoms with van der Waals surface area (Å²) < 4.78 is 11.2. The molecule has 1 N–H and O–H groups in total. The van der Waals surface area contributed by atoms with Crippen molar-refractivity contribution < 1.29 is 9.47 Å². The van der Waals surface area contributed by atoms with Crippen molar-refractivity contribution in [2.75, 3.05) is 12.4 Å². The quantitative estimate of drug-likeness (QED) is 0.720. The van der Waals surface area contributed by atoms with Crippen molar-refractivity contribution in [1.82, 2.24) is 4.98 Å². The maximum atomic E-state index is 6.00. The van der Waals surface area contributed by atoms with Crippen LogP contribution in [-0.2, 0) is 0 Å². The number of ether oxygens (including phenoxy) is 2. The van der Waals surface area contributed by atoms with Crippen LogP contribution in [0.15, 0.2) is 54.7 Å². The lowest BCUT2D eigenvalue weighted by Gasteiger charge is -2.21. The van der Waals surface area contributed by atoms with Gasteiger partial charge < -0.3 is 14.8 Å².